The summed E-state index contributed by atoms with van der Waals surface area (Å²) in [6, 6.07) is 23.4. The maximum absolute atomic E-state index is 5.62. The standard InChI is InChI=1S/C25H24N2O2/c1-28-23-12-18-15-27(14-17-8-4-3-5-9-17)16-22-25(20(18)13-24(23)29-2)19-10-6-7-11-21(19)26-22/h3-13,26H,14-16H2,1-2H3. The largest absolute Gasteiger partial charge is 0.493 e. The minimum Gasteiger partial charge on any atom is -0.493 e. The molecule has 29 heavy (non-hydrogen) atoms. The molecule has 0 unspecified atom stereocenters. The van der Waals surface area contributed by atoms with E-state index in [2.05, 4.69) is 76.6 Å². The number of aromatic nitrogens is 1. The summed E-state index contributed by atoms with van der Waals surface area (Å²) in [5.41, 5.74) is 7.46. The number of methoxy groups -OCH3 is 2. The van der Waals surface area contributed by atoms with E-state index in [9.17, 15) is 0 Å². The molecule has 0 saturated heterocycles. The first-order valence-electron chi connectivity index (χ1n) is 9.88. The van der Waals surface area contributed by atoms with E-state index in [1.807, 2.05) is 0 Å². The normalized spacial score (nSPS) is 13.6. The van der Waals surface area contributed by atoms with E-state index in [-0.39, 0.29) is 0 Å². The van der Waals surface area contributed by atoms with Gasteiger partial charge in [0.1, 0.15) is 0 Å². The lowest BCUT2D eigenvalue weighted by atomic mass is 9.97. The van der Waals surface area contributed by atoms with Crippen molar-refractivity contribution in [2.45, 2.75) is 19.6 Å². The van der Waals surface area contributed by atoms with E-state index in [1.165, 1.54) is 38.9 Å². The number of hydrogen-bond acceptors (Lipinski definition) is 3. The number of aromatic amines is 1. The Bertz CT molecular complexity index is 1160. The van der Waals surface area contributed by atoms with Crippen LogP contribution in [-0.2, 0) is 19.6 Å². The number of fused-ring (bicyclic) bond motifs is 5. The third-order valence-corrected chi connectivity index (χ3v) is 5.69. The molecule has 0 fully saturated rings. The number of hydrogen-bond donors (Lipinski definition) is 1. The molecule has 0 aliphatic carbocycles. The van der Waals surface area contributed by atoms with Gasteiger partial charge >= 0.3 is 0 Å². The minimum atomic E-state index is 0.763. The van der Waals surface area contributed by atoms with Crippen LogP contribution in [0.5, 0.6) is 11.5 Å². The summed E-state index contributed by atoms with van der Waals surface area (Å²) in [6.45, 7) is 2.60. The van der Waals surface area contributed by atoms with Gasteiger partial charge in [0.25, 0.3) is 0 Å². The number of rotatable bonds is 4. The molecule has 0 saturated carbocycles. The summed E-state index contributed by atoms with van der Waals surface area (Å²) in [6.07, 6.45) is 0. The van der Waals surface area contributed by atoms with Crippen molar-refractivity contribution in [3.63, 3.8) is 0 Å². The lowest BCUT2D eigenvalue weighted by molar-refractivity contribution is 0.247. The zero-order chi connectivity index (χ0) is 19.8. The van der Waals surface area contributed by atoms with Crippen molar-refractivity contribution < 1.29 is 9.47 Å². The average molecular weight is 384 g/mol. The van der Waals surface area contributed by atoms with Crippen molar-refractivity contribution in [1.82, 2.24) is 9.88 Å². The molecular formula is C25H24N2O2. The van der Waals surface area contributed by atoms with Crippen LogP contribution in [0.25, 0.3) is 22.0 Å². The molecule has 1 N–H and O–H groups in total. The number of H-pyrrole nitrogens is 1. The first-order chi connectivity index (χ1) is 14.3. The van der Waals surface area contributed by atoms with E-state index >= 15 is 0 Å². The number of nitrogens with zero attached hydrogens (tertiary/aromatic N) is 1. The van der Waals surface area contributed by atoms with E-state index in [4.69, 9.17) is 9.47 Å². The van der Waals surface area contributed by atoms with Crippen LogP contribution in [0.4, 0.5) is 0 Å². The zero-order valence-corrected chi connectivity index (χ0v) is 16.7. The quantitative estimate of drug-likeness (QED) is 0.514. The van der Waals surface area contributed by atoms with Crippen molar-refractivity contribution >= 4 is 10.9 Å². The molecule has 4 nitrogen and oxygen atoms in total. The molecular weight excluding hydrogens is 360 g/mol. The molecule has 4 heteroatoms. The average Bonchev–Trinajstić information content (AvgIpc) is 3.04. The zero-order valence-electron chi connectivity index (χ0n) is 16.7. The highest BCUT2D eigenvalue weighted by Gasteiger charge is 2.25. The molecule has 1 aromatic heterocycles. The second kappa shape index (κ2) is 7.30. The molecule has 0 atom stereocenters. The summed E-state index contributed by atoms with van der Waals surface area (Å²) in [7, 11) is 3.39. The van der Waals surface area contributed by atoms with Gasteiger partial charge in [-0.3, -0.25) is 4.90 Å². The number of para-hydroxylation sites is 1. The van der Waals surface area contributed by atoms with Gasteiger partial charge in [-0.1, -0.05) is 48.5 Å². The smallest absolute Gasteiger partial charge is 0.161 e. The number of benzene rings is 3. The molecule has 4 aromatic rings. The molecule has 0 spiro atoms. The van der Waals surface area contributed by atoms with Crippen LogP contribution in [0.1, 0.15) is 16.8 Å². The fourth-order valence-corrected chi connectivity index (χ4v) is 4.38. The maximum Gasteiger partial charge on any atom is 0.161 e. The van der Waals surface area contributed by atoms with Gasteiger partial charge in [0.2, 0.25) is 0 Å². The highest BCUT2D eigenvalue weighted by atomic mass is 16.5. The highest BCUT2D eigenvalue weighted by Crippen LogP contribution is 2.43. The molecule has 3 aromatic carbocycles. The van der Waals surface area contributed by atoms with Gasteiger partial charge in [-0.05, 0) is 34.9 Å². The van der Waals surface area contributed by atoms with Gasteiger partial charge in [0.05, 0.1) is 14.2 Å². The fraction of sp³-hybridized carbons (Fsp3) is 0.200. The minimum absolute atomic E-state index is 0.763. The van der Waals surface area contributed by atoms with Crippen molar-refractivity contribution in [3.05, 3.63) is 83.6 Å². The molecule has 0 bridgehead atoms. The Kier molecular flexibility index (Phi) is 4.49. The summed E-state index contributed by atoms with van der Waals surface area (Å²) < 4.78 is 11.2. The van der Waals surface area contributed by atoms with Gasteiger partial charge in [0.15, 0.2) is 11.5 Å². The van der Waals surface area contributed by atoms with Gasteiger partial charge in [-0.2, -0.15) is 0 Å². The van der Waals surface area contributed by atoms with Crippen molar-refractivity contribution in [2.24, 2.45) is 0 Å². The SMILES string of the molecule is COc1cc2c(cc1OC)-c1c([nH]c3ccccc13)CN(Cc1ccccc1)C2. The Hall–Kier alpha value is -3.24. The number of ether oxygens (including phenoxy) is 2. The molecule has 1 aliphatic rings. The lowest BCUT2D eigenvalue weighted by Crippen LogP contribution is -2.21. The van der Waals surface area contributed by atoms with Gasteiger partial charge in [0, 0.05) is 41.8 Å². The fourth-order valence-electron chi connectivity index (χ4n) is 4.38. The van der Waals surface area contributed by atoms with Crippen LogP contribution in [0.15, 0.2) is 66.7 Å². The predicted molar refractivity (Wildman–Crippen MR) is 116 cm³/mol. The monoisotopic (exact) mass is 384 g/mol. The Labute approximate surface area is 170 Å². The third-order valence-electron chi connectivity index (χ3n) is 5.69. The van der Waals surface area contributed by atoms with Crippen LogP contribution >= 0.6 is 0 Å². The Balaban J connectivity index is 1.69. The van der Waals surface area contributed by atoms with Crippen LogP contribution in [0.3, 0.4) is 0 Å². The van der Waals surface area contributed by atoms with Crippen LogP contribution < -0.4 is 9.47 Å². The molecule has 1 aliphatic heterocycles. The second-order valence-electron chi connectivity index (χ2n) is 7.52. The molecule has 2 heterocycles. The van der Waals surface area contributed by atoms with Crippen LogP contribution in [0, 0.1) is 0 Å². The predicted octanol–water partition coefficient (Wildman–Crippen LogP) is 5.37. The molecule has 0 radical (unpaired) electrons. The van der Waals surface area contributed by atoms with E-state index in [0.29, 0.717) is 0 Å². The Morgan fingerprint density at radius 1 is 0.862 bits per heavy atom. The number of nitrogens with one attached hydrogen (secondary N) is 1. The highest BCUT2D eigenvalue weighted by molar-refractivity contribution is 5.99. The molecule has 0 amide bonds. The second-order valence-corrected chi connectivity index (χ2v) is 7.52. The van der Waals surface area contributed by atoms with Crippen LogP contribution in [0.2, 0.25) is 0 Å². The topological polar surface area (TPSA) is 37.5 Å². The third kappa shape index (κ3) is 3.15. The Morgan fingerprint density at radius 3 is 2.38 bits per heavy atom. The van der Waals surface area contributed by atoms with Gasteiger partial charge in [-0.25, -0.2) is 0 Å². The van der Waals surface area contributed by atoms with Crippen molar-refractivity contribution in [1.29, 1.82) is 0 Å². The summed E-state index contributed by atoms with van der Waals surface area (Å²) in [5, 5.41) is 1.25. The van der Waals surface area contributed by atoms with Gasteiger partial charge < -0.3 is 14.5 Å². The molecule has 146 valence electrons. The van der Waals surface area contributed by atoms with E-state index < -0.39 is 0 Å². The molecule has 5 rings (SSSR count). The summed E-state index contributed by atoms with van der Waals surface area (Å²) in [4.78, 5) is 6.14. The van der Waals surface area contributed by atoms with Crippen molar-refractivity contribution in [2.75, 3.05) is 14.2 Å². The summed E-state index contributed by atoms with van der Waals surface area (Å²) in [5.74, 6) is 1.54. The Morgan fingerprint density at radius 2 is 1.59 bits per heavy atom. The maximum atomic E-state index is 5.62. The van der Waals surface area contributed by atoms with E-state index in [1.54, 1.807) is 14.2 Å². The van der Waals surface area contributed by atoms with E-state index in [0.717, 1.165) is 31.1 Å². The van der Waals surface area contributed by atoms with Gasteiger partial charge in [-0.15, -0.1) is 0 Å². The first kappa shape index (κ1) is 17.8. The van der Waals surface area contributed by atoms with Crippen molar-refractivity contribution in [3.8, 4) is 22.6 Å². The lowest BCUT2D eigenvalue weighted by Gasteiger charge is -2.21. The van der Waals surface area contributed by atoms with Crippen LogP contribution in [-0.4, -0.2) is 24.1 Å². The summed E-state index contributed by atoms with van der Waals surface area (Å²) >= 11 is 0. The first-order valence-corrected chi connectivity index (χ1v) is 9.88.